The molecule has 92 heavy (non-hydrogen) atoms. The first-order valence-electron chi connectivity index (χ1n) is 33.5. The number of nitrogens with zero attached hydrogens (tertiary/aromatic N) is 1. The van der Waals surface area contributed by atoms with Crippen LogP contribution in [0.1, 0.15) is 188 Å². The molecule has 6 aromatic rings. The lowest BCUT2D eigenvalue weighted by Crippen LogP contribution is -2.44. The Hall–Kier alpha value is -8.70. The first kappa shape index (κ1) is 66.2. The van der Waals surface area contributed by atoms with E-state index in [9.17, 15) is 28.8 Å². The number of aryl methyl sites for hydroxylation is 2. The average molecular weight is 1250 g/mol. The van der Waals surface area contributed by atoms with Crippen molar-refractivity contribution in [2.45, 2.75) is 143 Å². The Morgan fingerprint density at radius 1 is 0.522 bits per heavy atom. The molecule has 5 aromatic carbocycles. The Bertz CT molecular complexity index is 3700. The van der Waals surface area contributed by atoms with Crippen LogP contribution in [0, 0.1) is 46.8 Å². The third-order valence-corrected chi connectivity index (χ3v) is 18.5. The second-order valence-corrected chi connectivity index (χ2v) is 25.4. The Kier molecular flexibility index (Phi) is 23.4. The van der Waals surface area contributed by atoms with E-state index in [1.165, 1.54) is 36.2 Å². The smallest absolute Gasteiger partial charge is 0.343 e. The van der Waals surface area contributed by atoms with Gasteiger partial charge in [0.05, 0.1) is 53.1 Å². The van der Waals surface area contributed by atoms with E-state index in [0.29, 0.717) is 68.0 Å². The maximum Gasteiger partial charge on any atom is 0.343 e. The molecule has 0 amide bonds. The van der Waals surface area contributed by atoms with Crippen molar-refractivity contribution in [3.63, 3.8) is 0 Å². The van der Waals surface area contributed by atoms with E-state index in [2.05, 4.69) is 61.5 Å². The van der Waals surface area contributed by atoms with E-state index in [1.54, 1.807) is 42.5 Å². The third-order valence-electron chi connectivity index (χ3n) is 18.5. The predicted octanol–water partition coefficient (Wildman–Crippen LogP) is 16.0. The summed E-state index contributed by atoms with van der Waals surface area (Å²) in [5, 5.41) is 1.85. The van der Waals surface area contributed by atoms with Crippen LogP contribution in [0.2, 0.25) is 0 Å². The van der Waals surface area contributed by atoms with E-state index in [-0.39, 0.29) is 40.1 Å². The molecule has 0 radical (unpaired) electrons. The van der Waals surface area contributed by atoms with Crippen LogP contribution in [-0.4, -0.2) is 80.0 Å². The molecule has 0 N–H and O–H groups in total. The number of unbranched alkanes of at least 4 members (excludes halogenated alkanes) is 5. The molecule has 1 aromatic heterocycles. The molecule has 4 unspecified atom stereocenters. The van der Waals surface area contributed by atoms with Gasteiger partial charge in [-0.25, -0.2) is 19.2 Å². The fourth-order valence-electron chi connectivity index (χ4n) is 13.1. The van der Waals surface area contributed by atoms with Crippen LogP contribution >= 0.6 is 0 Å². The second kappa shape index (κ2) is 32.5. The summed E-state index contributed by atoms with van der Waals surface area (Å²) in [5.74, 6) is 5.48. The minimum Gasteiger partial charge on any atom is -0.498 e. The minimum absolute atomic E-state index is 0.0270. The molecule has 4 atom stereocenters. The van der Waals surface area contributed by atoms with Crippen molar-refractivity contribution in [2.75, 3.05) is 39.6 Å². The number of aromatic nitrogens is 1. The highest BCUT2D eigenvalue weighted by Gasteiger charge is 2.42. The fourth-order valence-corrected chi connectivity index (χ4v) is 13.1. The van der Waals surface area contributed by atoms with Crippen molar-refractivity contribution in [3.05, 3.63) is 190 Å². The molecule has 4 aliphatic rings. The first-order chi connectivity index (χ1) is 44.9. The van der Waals surface area contributed by atoms with Crippen molar-refractivity contribution in [2.24, 2.45) is 35.0 Å². The highest BCUT2D eigenvalue weighted by atomic mass is 16.6. The van der Waals surface area contributed by atoms with Gasteiger partial charge in [-0.15, -0.1) is 0 Å². The van der Waals surface area contributed by atoms with Crippen LogP contribution in [0.5, 0.6) is 0 Å². The summed E-state index contributed by atoms with van der Waals surface area (Å²) in [5.41, 5.74) is 3.98. The number of allylic oxidation sites excluding steroid dienone is 6. The summed E-state index contributed by atoms with van der Waals surface area (Å²) >= 11 is 0. The van der Waals surface area contributed by atoms with Gasteiger partial charge in [0.1, 0.15) is 37.6 Å². The summed E-state index contributed by atoms with van der Waals surface area (Å²) in [6.07, 6.45) is 24.4. The van der Waals surface area contributed by atoms with Gasteiger partial charge in [-0.1, -0.05) is 100 Å². The number of hydrogen-bond acceptors (Lipinski definition) is 13. The Morgan fingerprint density at radius 2 is 1.11 bits per heavy atom. The van der Waals surface area contributed by atoms with Crippen LogP contribution in [0.4, 0.5) is 0 Å². The minimum atomic E-state index is -1.60. The number of carbonyl (C=O) groups is 6. The van der Waals surface area contributed by atoms with Gasteiger partial charge >= 0.3 is 35.8 Å². The van der Waals surface area contributed by atoms with Crippen molar-refractivity contribution in [3.8, 4) is 11.8 Å². The Labute approximate surface area is 541 Å². The standard InChI is InChI=1S/C78H87NO13/c1-4-7-10-16-55-25-30-59(31-26-55)72(80)88-50-78(53-91-75(83)64-39-44-71-69(49-64)67-17-11-12-18-70(67)79(71)6-3,51-89-73(81)60-32-27-57(28-33-60)24-23-56-21-19-54(15-5-2)20-22-56)52-90-74(82)61-35-37-62(38-36-61)76(84)92-66-42-40-65(41-43-66)86-45-13-8-9-14-46-87-77(85)68-48-58-29-34-63(68)47-58/h11-12,17-22,27-29,32-40,42,44,49,55,58-59,63,68H,4-10,13-16,25-26,30-31,41,43,45-48,50-53H2,1-3H3. The molecule has 14 heteroatoms. The molecule has 2 fully saturated rings. The summed E-state index contributed by atoms with van der Waals surface area (Å²) in [4.78, 5) is 82.6. The van der Waals surface area contributed by atoms with E-state index in [0.717, 1.165) is 123 Å². The van der Waals surface area contributed by atoms with Crippen molar-refractivity contribution in [1.82, 2.24) is 4.57 Å². The summed E-state index contributed by atoms with van der Waals surface area (Å²) in [6.45, 7) is 6.25. The van der Waals surface area contributed by atoms with E-state index < -0.39 is 61.7 Å². The van der Waals surface area contributed by atoms with Gasteiger partial charge in [0, 0.05) is 52.3 Å². The first-order valence-corrected chi connectivity index (χ1v) is 33.5. The summed E-state index contributed by atoms with van der Waals surface area (Å²) in [7, 11) is 0. The number of para-hydroxylation sites is 1. The molecule has 482 valence electrons. The molecule has 14 nitrogen and oxygen atoms in total. The van der Waals surface area contributed by atoms with Gasteiger partial charge in [0.2, 0.25) is 0 Å². The molecule has 2 saturated carbocycles. The van der Waals surface area contributed by atoms with Crippen molar-refractivity contribution < 1.29 is 61.9 Å². The van der Waals surface area contributed by atoms with Crippen LogP contribution in [0.25, 0.3) is 21.8 Å². The zero-order valence-corrected chi connectivity index (χ0v) is 53.6. The number of hydrogen-bond donors (Lipinski definition) is 0. The van der Waals surface area contributed by atoms with Crippen LogP contribution in [-0.2, 0) is 55.7 Å². The Morgan fingerprint density at radius 3 is 1.73 bits per heavy atom. The van der Waals surface area contributed by atoms with Gasteiger partial charge in [-0.3, -0.25) is 9.59 Å². The molecule has 0 spiro atoms. The lowest BCUT2D eigenvalue weighted by molar-refractivity contribution is -0.158. The van der Waals surface area contributed by atoms with Crippen molar-refractivity contribution in [1.29, 1.82) is 0 Å². The maximum absolute atomic E-state index is 14.3. The quantitative estimate of drug-likeness (QED) is 0.0137. The molecule has 0 aliphatic heterocycles. The molecule has 10 rings (SSSR count). The number of esters is 6. The number of ether oxygens (including phenoxy) is 7. The summed E-state index contributed by atoms with van der Waals surface area (Å²) < 4.78 is 44.0. The van der Waals surface area contributed by atoms with Crippen LogP contribution < -0.4 is 0 Å². The molecular formula is C78H87NO13. The average Bonchev–Trinajstić information content (AvgIpc) is 1.62. The highest BCUT2D eigenvalue weighted by molar-refractivity contribution is 6.10. The maximum atomic E-state index is 14.3. The molecule has 1 heterocycles. The van der Waals surface area contributed by atoms with E-state index >= 15 is 0 Å². The number of fused-ring (bicyclic) bond motifs is 5. The molecule has 0 saturated heterocycles. The number of benzene rings is 5. The fraction of sp³-hybridized carbons (Fsp3) is 0.436. The Balaban J connectivity index is 0.797. The van der Waals surface area contributed by atoms with E-state index in [1.807, 2.05) is 48.5 Å². The summed E-state index contributed by atoms with van der Waals surface area (Å²) in [6, 6.07) is 34.1. The number of carbonyl (C=O) groups excluding carboxylic acids is 6. The molecular weight excluding hydrogens is 1160 g/mol. The largest absolute Gasteiger partial charge is 0.498 e. The van der Waals surface area contributed by atoms with Crippen LogP contribution in [0.3, 0.4) is 0 Å². The normalized spacial score (nSPS) is 18.8. The molecule has 2 bridgehead atoms. The van der Waals surface area contributed by atoms with Crippen LogP contribution in [0.15, 0.2) is 151 Å². The van der Waals surface area contributed by atoms with Crippen molar-refractivity contribution >= 4 is 57.6 Å². The lowest BCUT2D eigenvalue weighted by atomic mass is 9.80. The van der Waals surface area contributed by atoms with Gasteiger partial charge in [0.15, 0.2) is 0 Å². The predicted molar refractivity (Wildman–Crippen MR) is 353 cm³/mol. The third kappa shape index (κ3) is 17.7. The lowest BCUT2D eigenvalue weighted by Gasteiger charge is -2.33. The number of rotatable bonds is 30. The van der Waals surface area contributed by atoms with Gasteiger partial charge in [-0.2, -0.15) is 0 Å². The SMILES string of the molecule is CCCCCC1CCC(C(=O)OCC(COC(=O)c2ccc(C#Cc3ccc(CCC)cc3)cc2)(COC(=O)c2ccc(C(=O)OC3=CC=C(OCCCCCCOC(=O)C4CC5C=CC4C5)CC3)cc2)COC(=O)c2ccc3c(c2)c2ccccc2n3CC)CC1. The van der Waals surface area contributed by atoms with Gasteiger partial charge in [0.25, 0.3) is 0 Å². The second-order valence-electron chi connectivity index (χ2n) is 25.4. The monoisotopic (exact) mass is 1250 g/mol. The zero-order valence-electron chi connectivity index (χ0n) is 53.6. The topological polar surface area (TPSA) is 172 Å². The zero-order chi connectivity index (χ0) is 64.2. The molecule has 4 aliphatic carbocycles. The van der Waals surface area contributed by atoms with E-state index in [4.69, 9.17) is 33.2 Å². The highest BCUT2D eigenvalue weighted by Crippen LogP contribution is 2.44. The van der Waals surface area contributed by atoms with Gasteiger partial charge < -0.3 is 37.7 Å². The van der Waals surface area contributed by atoms with Gasteiger partial charge in [-0.05, 0) is 198 Å².